The highest BCUT2D eigenvalue weighted by atomic mass is 35.5. The molecule has 192 valence electrons. The van der Waals surface area contributed by atoms with E-state index in [2.05, 4.69) is 15.4 Å². The minimum atomic E-state index is -0.535. The molecule has 0 radical (unpaired) electrons. The Kier molecular flexibility index (Phi) is 7.42. The van der Waals surface area contributed by atoms with Gasteiger partial charge >= 0.3 is 5.91 Å². The van der Waals surface area contributed by atoms with Crippen molar-refractivity contribution >= 4 is 52.2 Å². The van der Waals surface area contributed by atoms with Crippen LogP contribution in [0.4, 0.5) is 5.82 Å². The smallest absolute Gasteiger partial charge is 0.301 e. The first-order valence-corrected chi connectivity index (χ1v) is 12.7. The van der Waals surface area contributed by atoms with Crippen molar-refractivity contribution in [2.45, 2.75) is 13.1 Å². The van der Waals surface area contributed by atoms with Crippen LogP contribution in [0.15, 0.2) is 52.3 Å². The second kappa shape index (κ2) is 10.9. The zero-order chi connectivity index (χ0) is 25.9. The van der Waals surface area contributed by atoms with Gasteiger partial charge in [0.05, 0.1) is 34.8 Å². The molecule has 1 N–H and O–H groups in total. The summed E-state index contributed by atoms with van der Waals surface area (Å²) in [6.07, 6.45) is 3.76. The maximum atomic E-state index is 13.0. The summed E-state index contributed by atoms with van der Waals surface area (Å²) in [6.45, 7) is 2.12. The molecule has 5 heterocycles. The highest BCUT2D eigenvalue weighted by molar-refractivity contribution is 7.16. The minimum absolute atomic E-state index is 0.0556. The number of morpholine rings is 1. The van der Waals surface area contributed by atoms with Gasteiger partial charge < -0.3 is 23.9 Å². The third-order valence-electron chi connectivity index (χ3n) is 5.65. The summed E-state index contributed by atoms with van der Waals surface area (Å²) in [6, 6.07) is 6.56. The Hall–Kier alpha value is -3.45. The average molecular weight is 563 g/mol. The largest absolute Gasteiger partial charge is 0.451 e. The molecule has 4 aromatic rings. The molecule has 0 saturated carbocycles. The number of halogens is 2. The van der Waals surface area contributed by atoms with Crippen molar-refractivity contribution in [2.24, 2.45) is 0 Å². The number of nitrogens with one attached hydrogen (secondary N) is 1. The maximum absolute atomic E-state index is 13.0. The normalized spacial score (nSPS) is 13.6. The van der Waals surface area contributed by atoms with Gasteiger partial charge in [-0.15, -0.1) is 11.3 Å². The highest BCUT2D eigenvalue weighted by Crippen LogP contribution is 2.29. The predicted octanol–water partition coefficient (Wildman–Crippen LogP) is 3.23. The molecule has 4 aromatic heterocycles. The quantitative estimate of drug-likeness (QED) is 0.364. The molecule has 37 heavy (non-hydrogen) atoms. The van der Waals surface area contributed by atoms with Crippen LogP contribution in [0, 0.1) is 0 Å². The zero-order valence-electron chi connectivity index (χ0n) is 19.2. The number of pyridine rings is 1. The van der Waals surface area contributed by atoms with E-state index < -0.39 is 11.5 Å². The molecular weight excluding hydrogens is 543 g/mol. The van der Waals surface area contributed by atoms with Gasteiger partial charge in [0, 0.05) is 41.9 Å². The van der Waals surface area contributed by atoms with Crippen LogP contribution in [0.1, 0.15) is 15.4 Å². The Labute approximate surface area is 224 Å². The Balaban J connectivity index is 1.44. The predicted molar refractivity (Wildman–Crippen MR) is 137 cm³/mol. The first-order valence-electron chi connectivity index (χ1n) is 11.2. The fourth-order valence-corrected chi connectivity index (χ4v) is 5.06. The molecule has 1 aliphatic heterocycles. The van der Waals surface area contributed by atoms with Crippen molar-refractivity contribution in [2.75, 3.05) is 31.6 Å². The molecule has 0 atom stereocenters. The summed E-state index contributed by atoms with van der Waals surface area (Å²) < 4.78 is 13.2. The fourth-order valence-electron chi connectivity index (χ4n) is 3.77. The van der Waals surface area contributed by atoms with Crippen molar-refractivity contribution in [1.29, 1.82) is 0 Å². The zero-order valence-corrected chi connectivity index (χ0v) is 21.6. The van der Waals surface area contributed by atoms with Gasteiger partial charge in [0.1, 0.15) is 18.6 Å². The van der Waals surface area contributed by atoms with Crippen molar-refractivity contribution < 1.29 is 18.7 Å². The second-order valence-corrected chi connectivity index (χ2v) is 10.3. The van der Waals surface area contributed by atoms with Gasteiger partial charge in [0.2, 0.25) is 5.91 Å². The molecule has 11 nitrogen and oxygen atoms in total. The molecule has 0 bridgehead atoms. The van der Waals surface area contributed by atoms with E-state index in [0.29, 0.717) is 48.6 Å². The molecule has 0 unspecified atom stereocenters. The summed E-state index contributed by atoms with van der Waals surface area (Å²) in [5.74, 6) is -0.376. The number of carbonyl (C=O) groups is 2. The lowest BCUT2D eigenvalue weighted by atomic mass is 10.2. The molecule has 0 aromatic carbocycles. The standard InChI is InChI=1S/C23H20Cl2N6O5S/c24-16-10-30(11-22(33)29-3-5-35-6-4-29)21(32)7-15(16)17-8-20(26-9-14-1-2-19(25)37-14)31(28-17)23(34)18-12-36-13-27-18/h1-2,7-8,10,12-13,26H,3-6,9,11H2. The van der Waals surface area contributed by atoms with Crippen molar-refractivity contribution in [3.63, 3.8) is 0 Å². The molecule has 0 aliphatic carbocycles. The van der Waals surface area contributed by atoms with Gasteiger partial charge in [0.15, 0.2) is 12.1 Å². The van der Waals surface area contributed by atoms with E-state index in [0.717, 1.165) is 16.0 Å². The summed E-state index contributed by atoms with van der Waals surface area (Å²) in [5.41, 5.74) is 0.231. The number of oxazole rings is 1. The monoisotopic (exact) mass is 562 g/mol. The van der Waals surface area contributed by atoms with Crippen LogP contribution in [0.2, 0.25) is 9.36 Å². The first-order chi connectivity index (χ1) is 17.9. The van der Waals surface area contributed by atoms with Gasteiger partial charge in [-0.1, -0.05) is 23.2 Å². The number of carbonyl (C=O) groups excluding carboxylic acids is 2. The van der Waals surface area contributed by atoms with E-state index in [4.69, 9.17) is 32.4 Å². The number of aromatic nitrogens is 4. The molecule has 1 aliphatic rings. The van der Waals surface area contributed by atoms with Gasteiger partial charge in [0.25, 0.3) is 5.56 Å². The second-order valence-electron chi connectivity index (χ2n) is 8.06. The molecule has 1 saturated heterocycles. The topological polar surface area (TPSA) is 124 Å². The maximum Gasteiger partial charge on any atom is 0.301 e. The lowest BCUT2D eigenvalue weighted by Crippen LogP contribution is -2.43. The van der Waals surface area contributed by atoms with Gasteiger partial charge in [-0.2, -0.15) is 9.78 Å². The summed E-state index contributed by atoms with van der Waals surface area (Å²) in [7, 11) is 0. The molecule has 14 heteroatoms. The van der Waals surface area contributed by atoms with Crippen LogP contribution in [0.25, 0.3) is 11.3 Å². The lowest BCUT2D eigenvalue weighted by molar-refractivity contribution is -0.135. The number of nitrogens with zero attached hydrogens (tertiary/aromatic N) is 5. The Morgan fingerprint density at radius 2 is 1.97 bits per heavy atom. The fraction of sp³-hybridized carbons (Fsp3) is 0.261. The minimum Gasteiger partial charge on any atom is -0.451 e. The van der Waals surface area contributed by atoms with E-state index in [1.807, 2.05) is 6.07 Å². The average Bonchev–Trinajstić information content (AvgIpc) is 3.66. The SMILES string of the molecule is O=C(Cn1cc(Cl)c(-c2cc(NCc3ccc(Cl)s3)n(C(=O)c3cocn3)n2)cc1=O)N1CCOCC1. The van der Waals surface area contributed by atoms with Gasteiger partial charge in [-0.05, 0) is 12.1 Å². The van der Waals surface area contributed by atoms with E-state index in [9.17, 15) is 14.4 Å². The molecule has 1 fully saturated rings. The van der Waals surface area contributed by atoms with E-state index in [1.54, 1.807) is 17.0 Å². The highest BCUT2D eigenvalue weighted by Gasteiger charge is 2.22. The van der Waals surface area contributed by atoms with Gasteiger partial charge in [-0.3, -0.25) is 14.4 Å². The van der Waals surface area contributed by atoms with Crippen molar-refractivity contribution in [1.82, 2.24) is 24.2 Å². The summed E-state index contributed by atoms with van der Waals surface area (Å²) in [5, 5.41) is 7.77. The molecule has 5 rings (SSSR count). The Morgan fingerprint density at radius 3 is 2.68 bits per heavy atom. The molecule has 1 amide bonds. The van der Waals surface area contributed by atoms with Crippen molar-refractivity contribution in [3.8, 4) is 11.3 Å². The number of hydrogen-bond acceptors (Lipinski definition) is 9. The first kappa shape index (κ1) is 25.2. The van der Waals surface area contributed by atoms with Gasteiger partial charge in [-0.25, -0.2) is 4.98 Å². The van der Waals surface area contributed by atoms with Crippen molar-refractivity contribution in [3.05, 3.63) is 73.4 Å². The summed E-state index contributed by atoms with van der Waals surface area (Å²) >= 11 is 13.9. The van der Waals surface area contributed by atoms with Crippen LogP contribution < -0.4 is 10.9 Å². The Morgan fingerprint density at radius 1 is 1.16 bits per heavy atom. The van der Waals surface area contributed by atoms with Crippen LogP contribution in [-0.4, -0.2) is 62.3 Å². The van der Waals surface area contributed by atoms with E-state index in [-0.39, 0.29) is 28.9 Å². The lowest BCUT2D eigenvalue weighted by Gasteiger charge is -2.27. The third-order valence-corrected chi connectivity index (χ3v) is 7.18. The number of thiophene rings is 1. The van der Waals surface area contributed by atoms with Crippen LogP contribution >= 0.6 is 34.5 Å². The third kappa shape index (κ3) is 5.62. The number of hydrogen-bond donors (Lipinski definition) is 1. The number of rotatable bonds is 7. The Bertz CT molecular complexity index is 1490. The molecule has 0 spiro atoms. The number of anilines is 1. The molecular formula is C23H20Cl2N6O5S. The van der Waals surface area contributed by atoms with Crippen LogP contribution in [0.3, 0.4) is 0 Å². The van der Waals surface area contributed by atoms with E-state index in [1.165, 1.54) is 34.4 Å². The number of amides is 1. The van der Waals surface area contributed by atoms with E-state index >= 15 is 0 Å². The van der Waals surface area contributed by atoms with Crippen LogP contribution in [-0.2, 0) is 22.6 Å². The number of ether oxygens (including phenoxy) is 1. The summed E-state index contributed by atoms with van der Waals surface area (Å²) in [4.78, 5) is 45.0. The van der Waals surface area contributed by atoms with Crippen LogP contribution in [0.5, 0.6) is 0 Å².